The molecule has 1 aliphatic rings. The third-order valence-electron chi connectivity index (χ3n) is 3.69. The van der Waals surface area contributed by atoms with E-state index in [9.17, 15) is 4.39 Å². The molecule has 1 atom stereocenters. The Kier molecular flexibility index (Phi) is 3.78. The van der Waals surface area contributed by atoms with E-state index in [0.717, 1.165) is 37.2 Å². The summed E-state index contributed by atoms with van der Waals surface area (Å²) in [7, 11) is 1.99. The second-order valence-electron chi connectivity index (χ2n) is 5.23. The smallest absolute Gasteiger partial charge is 0.139 e. The minimum atomic E-state index is -0.277. The van der Waals surface area contributed by atoms with Gasteiger partial charge in [-0.3, -0.25) is 0 Å². The summed E-state index contributed by atoms with van der Waals surface area (Å²) in [4.78, 5) is 10.5. The molecule has 2 heterocycles. The van der Waals surface area contributed by atoms with Crippen molar-refractivity contribution in [3.63, 3.8) is 0 Å². The maximum atomic E-state index is 13.2. The lowest BCUT2D eigenvalue weighted by atomic mass is 10.1. The van der Waals surface area contributed by atoms with Gasteiger partial charge < -0.3 is 9.64 Å². The fourth-order valence-electron chi connectivity index (χ4n) is 2.66. The van der Waals surface area contributed by atoms with Gasteiger partial charge in [-0.05, 0) is 31.4 Å². The molecule has 20 heavy (non-hydrogen) atoms. The van der Waals surface area contributed by atoms with Gasteiger partial charge in [-0.2, -0.15) is 0 Å². The number of aromatic nitrogens is 2. The minimum absolute atomic E-state index is 0.249. The Labute approximate surface area is 117 Å². The Balaban J connectivity index is 1.85. The Morgan fingerprint density at radius 3 is 3.05 bits per heavy atom. The highest BCUT2D eigenvalue weighted by atomic mass is 19.1. The Morgan fingerprint density at radius 2 is 2.25 bits per heavy atom. The highest BCUT2D eigenvalue weighted by Crippen LogP contribution is 2.24. The van der Waals surface area contributed by atoms with E-state index in [-0.39, 0.29) is 11.9 Å². The molecular weight excluding hydrogens is 257 g/mol. The van der Waals surface area contributed by atoms with Crippen LogP contribution in [0, 0.1) is 5.82 Å². The van der Waals surface area contributed by atoms with E-state index in [2.05, 4.69) is 14.9 Å². The lowest BCUT2D eigenvalue weighted by Gasteiger charge is -2.28. The monoisotopic (exact) mass is 275 g/mol. The second-order valence-corrected chi connectivity index (χ2v) is 5.23. The summed E-state index contributed by atoms with van der Waals surface area (Å²) in [6.07, 6.45) is 5.18. The van der Waals surface area contributed by atoms with Crippen molar-refractivity contribution in [2.24, 2.45) is 0 Å². The van der Waals surface area contributed by atoms with Crippen molar-refractivity contribution in [1.29, 1.82) is 0 Å². The average molecular weight is 275 g/mol. The summed E-state index contributed by atoms with van der Waals surface area (Å²) < 4.78 is 19.0. The van der Waals surface area contributed by atoms with Gasteiger partial charge in [-0.1, -0.05) is 0 Å². The molecule has 0 spiro atoms. The summed E-state index contributed by atoms with van der Waals surface area (Å²) in [5.74, 6) is 0.546. The summed E-state index contributed by atoms with van der Waals surface area (Å²) >= 11 is 0. The molecule has 106 valence electrons. The van der Waals surface area contributed by atoms with E-state index in [1.54, 1.807) is 6.07 Å². The molecule has 0 aliphatic carbocycles. The number of anilines is 1. The zero-order valence-electron chi connectivity index (χ0n) is 11.6. The molecular formula is C15H18FN3O. The van der Waals surface area contributed by atoms with Crippen LogP contribution in [0.4, 0.5) is 10.2 Å². The van der Waals surface area contributed by atoms with Gasteiger partial charge in [0.15, 0.2) is 0 Å². The van der Waals surface area contributed by atoms with Crippen molar-refractivity contribution in [2.45, 2.75) is 25.4 Å². The Bertz CT molecular complexity index is 599. The fraction of sp³-hybridized carbons (Fsp3) is 0.467. The molecule has 1 aliphatic heterocycles. The third kappa shape index (κ3) is 2.72. The van der Waals surface area contributed by atoms with E-state index >= 15 is 0 Å². The molecule has 0 N–H and O–H groups in total. The topological polar surface area (TPSA) is 38.2 Å². The van der Waals surface area contributed by atoms with E-state index in [4.69, 9.17) is 4.74 Å². The fourth-order valence-corrected chi connectivity index (χ4v) is 2.66. The molecule has 0 saturated carbocycles. The van der Waals surface area contributed by atoms with Crippen LogP contribution in [0.1, 0.15) is 19.3 Å². The minimum Gasteiger partial charge on any atom is -0.376 e. The average Bonchev–Trinajstić information content (AvgIpc) is 2.47. The van der Waals surface area contributed by atoms with Crippen molar-refractivity contribution < 1.29 is 9.13 Å². The van der Waals surface area contributed by atoms with Gasteiger partial charge in [0.1, 0.15) is 18.0 Å². The van der Waals surface area contributed by atoms with Crippen LogP contribution in [0.2, 0.25) is 0 Å². The van der Waals surface area contributed by atoms with Crippen LogP contribution in [0.3, 0.4) is 0 Å². The van der Waals surface area contributed by atoms with Gasteiger partial charge in [0.25, 0.3) is 0 Å². The van der Waals surface area contributed by atoms with Crippen molar-refractivity contribution in [2.75, 3.05) is 25.1 Å². The summed E-state index contributed by atoms with van der Waals surface area (Å²) in [6, 6.07) is 4.61. The Hall–Kier alpha value is -1.75. The standard InChI is InChI=1S/C15H18FN3O/c1-19(9-12-4-2-3-7-20-12)15-13-6-5-11(16)8-14(13)17-10-18-15/h5-6,8,10,12H,2-4,7,9H2,1H3/t12-/m0/s1. The lowest BCUT2D eigenvalue weighted by molar-refractivity contribution is 0.0215. The zero-order chi connectivity index (χ0) is 13.9. The van der Waals surface area contributed by atoms with Crippen LogP contribution in [0.25, 0.3) is 10.9 Å². The first kappa shape index (κ1) is 13.2. The number of ether oxygens (including phenoxy) is 1. The van der Waals surface area contributed by atoms with E-state index in [0.29, 0.717) is 5.52 Å². The second kappa shape index (κ2) is 5.71. The third-order valence-corrected chi connectivity index (χ3v) is 3.69. The number of nitrogens with zero attached hydrogens (tertiary/aromatic N) is 3. The van der Waals surface area contributed by atoms with Crippen LogP contribution in [0.5, 0.6) is 0 Å². The molecule has 0 amide bonds. The summed E-state index contributed by atoms with van der Waals surface area (Å²) in [5, 5.41) is 0.868. The molecule has 3 rings (SSSR count). The maximum Gasteiger partial charge on any atom is 0.139 e. The molecule has 0 bridgehead atoms. The van der Waals surface area contributed by atoms with Gasteiger partial charge in [0.05, 0.1) is 11.6 Å². The van der Waals surface area contributed by atoms with Crippen LogP contribution < -0.4 is 4.90 Å². The number of hydrogen-bond acceptors (Lipinski definition) is 4. The first-order chi connectivity index (χ1) is 9.74. The molecule has 1 aromatic heterocycles. The van der Waals surface area contributed by atoms with Crippen molar-refractivity contribution in [1.82, 2.24) is 9.97 Å². The molecule has 0 radical (unpaired) electrons. The van der Waals surface area contributed by atoms with Crippen LogP contribution in [-0.2, 0) is 4.74 Å². The van der Waals surface area contributed by atoms with Gasteiger partial charge in [-0.25, -0.2) is 14.4 Å². The first-order valence-electron chi connectivity index (χ1n) is 6.97. The number of likely N-dealkylation sites (N-methyl/N-ethyl adjacent to an activating group) is 1. The number of rotatable bonds is 3. The van der Waals surface area contributed by atoms with Gasteiger partial charge in [0.2, 0.25) is 0 Å². The Morgan fingerprint density at radius 1 is 1.35 bits per heavy atom. The molecule has 2 aromatic rings. The van der Waals surface area contributed by atoms with E-state index < -0.39 is 0 Å². The van der Waals surface area contributed by atoms with Gasteiger partial charge in [-0.15, -0.1) is 0 Å². The molecule has 4 nitrogen and oxygen atoms in total. The number of hydrogen-bond donors (Lipinski definition) is 0. The molecule has 0 unspecified atom stereocenters. The van der Waals surface area contributed by atoms with Crippen LogP contribution in [0.15, 0.2) is 24.5 Å². The number of benzene rings is 1. The molecule has 1 saturated heterocycles. The van der Waals surface area contributed by atoms with Crippen LogP contribution in [-0.4, -0.2) is 36.3 Å². The predicted molar refractivity (Wildman–Crippen MR) is 76.4 cm³/mol. The van der Waals surface area contributed by atoms with Gasteiger partial charge in [0, 0.05) is 31.7 Å². The summed E-state index contributed by atoms with van der Waals surface area (Å²) in [6.45, 7) is 1.64. The van der Waals surface area contributed by atoms with Crippen molar-refractivity contribution in [3.8, 4) is 0 Å². The lowest BCUT2D eigenvalue weighted by Crippen LogP contribution is -2.33. The highest BCUT2D eigenvalue weighted by molar-refractivity contribution is 5.89. The number of fused-ring (bicyclic) bond motifs is 1. The van der Waals surface area contributed by atoms with Gasteiger partial charge >= 0.3 is 0 Å². The largest absolute Gasteiger partial charge is 0.376 e. The first-order valence-corrected chi connectivity index (χ1v) is 6.97. The zero-order valence-corrected chi connectivity index (χ0v) is 11.6. The predicted octanol–water partition coefficient (Wildman–Crippen LogP) is 2.77. The van der Waals surface area contributed by atoms with E-state index in [1.165, 1.54) is 24.9 Å². The molecule has 5 heteroatoms. The van der Waals surface area contributed by atoms with Crippen LogP contribution >= 0.6 is 0 Å². The van der Waals surface area contributed by atoms with E-state index in [1.807, 2.05) is 7.05 Å². The molecule has 1 fully saturated rings. The SMILES string of the molecule is CN(C[C@@H]1CCCCO1)c1ncnc2cc(F)ccc12. The molecule has 1 aromatic carbocycles. The normalized spacial score (nSPS) is 19.2. The van der Waals surface area contributed by atoms with Crippen molar-refractivity contribution >= 4 is 16.7 Å². The maximum absolute atomic E-state index is 13.2. The highest BCUT2D eigenvalue weighted by Gasteiger charge is 2.18. The summed E-state index contributed by atoms with van der Waals surface area (Å²) in [5.41, 5.74) is 0.631. The van der Waals surface area contributed by atoms with Crippen molar-refractivity contribution in [3.05, 3.63) is 30.3 Å². The number of halogens is 1. The quantitative estimate of drug-likeness (QED) is 0.863.